The standard InChI is InChI=1S/C28H28F2O7S2/c1-19(28(29,30)39(32,33)34)36-25(31)20-10-14-23(15-11-20)38(22-8-6-5-7-9-22)24-16-12-21(13-17-24)27(4)35-18-26(2,3)37-27/h5-17,19H,18H2,1-4H3/p+1. The van der Waals surface area contributed by atoms with Crippen LogP contribution in [0.3, 0.4) is 0 Å². The van der Waals surface area contributed by atoms with Gasteiger partial charge in [-0.3, -0.25) is 4.55 Å². The smallest absolute Gasteiger partial charge is 0.405 e. The lowest BCUT2D eigenvalue weighted by molar-refractivity contribution is -0.176. The van der Waals surface area contributed by atoms with Gasteiger partial charge in [-0.25, -0.2) is 4.79 Å². The van der Waals surface area contributed by atoms with E-state index in [0.717, 1.165) is 20.2 Å². The van der Waals surface area contributed by atoms with E-state index in [1.54, 1.807) is 12.1 Å². The number of benzene rings is 3. The van der Waals surface area contributed by atoms with Gasteiger partial charge in [0.05, 0.1) is 28.7 Å². The largest absolute Gasteiger partial charge is 0.451 e. The summed E-state index contributed by atoms with van der Waals surface area (Å²) < 4.78 is 75.0. The summed E-state index contributed by atoms with van der Waals surface area (Å²) in [7, 11) is -6.33. The van der Waals surface area contributed by atoms with Crippen molar-refractivity contribution in [3.8, 4) is 0 Å². The van der Waals surface area contributed by atoms with E-state index in [1.165, 1.54) is 12.1 Å². The van der Waals surface area contributed by atoms with Crippen molar-refractivity contribution in [3.05, 3.63) is 90.0 Å². The molecule has 39 heavy (non-hydrogen) atoms. The van der Waals surface area contributed by atoms with Crippen LogP contribution in [0.15, 0.2) is 93.5 Å². The fourth-order valence-electron chi connectivity index (χ4n) is 4.13. The monoisotopic (exact) mass is 579 g/mol. The molecular formula is C28H29F2O7S2+. The molecule has 3 aromatic rings. The number of rotatable bonds is 8. The van der Waals surface area contributed by atoms with Gasteiger partial charge in [0.1, 0.15) is 0 Å². The third kappa shape index (κ3) is 6.17. The van der Waals surface area contributed by atoms with Crippen LogP contribution in [0.2, 0.25) is 0 Å². The highest BCUT2D eigenvalue weighted by atomic mass is 32.2. The molecule has 208 valence electrons. The Morgan fingerprint density at radius 2 is 1.46 bits per heavy atom. The van der Waals surface area contributed by atoms with Crippen molar-refractivity contribution >= 4 is 27.0 Å². The Bertz CT molecular complexity index is 1430. The Morgan fingerprint density at radius 1 is 0.949 bits per heavy atom. The number of hydrogen-bond donors (Lipinski definition) is 1. The molecule has 0 amide bonds. The van der Waals surface area contributed by atoms with E-state index < -0.39 is 49.7 Å². The van der Waals surface area contributed by atoms with Crippen molar-refractivity contribution in [2.24, 2.45) is 0 Å². The summed E-state index contributed by atoms with van der Waals surface area (Å²) in [4.78, 5) is 15.3. The van der Waals surface area contributed by atoms with Crippen LogP contribution < -0.4 is 0 Å². The summed E-state index contributed by atoms with van der Waals surface area (Å²) in [6.45, 7) is 7.00. The van der Waals surface area contributed by atoms with Gasteiger partial charge in [0, 0.05) is 5.56 Å². The SMILES string of the molecule is CC(OC(=O)c1ccc([S+](c2ccccc2)c2ccc(C3(C)OCC(C)(C)O3)cc2)cc1)C(F)(F)S(=O)(=O)O. The Balaban J connectivity index is 1.60. The molecule has 1 heterocycles. The van der Waals surface area contributed by atoms with Crippen molar-refractivity contribution < 1.29 is 40.8 Å². The first-order valence-corrected chi connectivity index (χ1v) is 14.7. The molecule has 0 saturated carbocycles. The minimum absolute atomic E-state index is 0.0465. The van der Waals surface area contributed by atoms with Crippen LogP contribution in [0.1, 0.15) is 43.6 Å². The van der Waals surface area contributed by atoms with Gasteiger partial charge in [0.15, 0.2) is 26.6 Å². The van der Waals surface area contributed by atoms with Crippen molar-refractivity contribution in [2.75, 3.05) is 6.61 Å². The van der Waals surface area contributed by atoms with E-state index in [4.69, 9.17) is 14.0 Å². The maximum Gasteiger partial charge on any atom is 0.405 e. The van der Waals surface area contributed by atoms with Crippen LogP contribution in [-0.2, 0) is 41.0 Å². The molecule has 3 unspecified atom stereocenters. The summed E-state index contributed by atoms with van der Waals surface area (Å²) in [5.74, 6) is -2.01. The normalized spacial score (nSPS) is 20.8. The minimum Gasteiger partial charge on any atom is -0.451 e. The molecule has 1 saturated heterocycles. The Labute approximate surface area is 229 Å². The molecule has 1 aliphatic heterocycles. The van der Waals surface area contributed by atoms with Crippen LogP contribution >= 0.6 is 0 Å². The number of alkyl halides is 2. The average Bonchev–Trinajstić information content (AvgIpc) is 3.18. The fraction of sp³-hybridized carbons (Fsp3) is 0.321. The molecule has 7 nitrogen and oxygen atoms in total. The lowest BCUT2D eigenvalue weighted by Gasteiger charge is -2.26. The zero-order chi connectivity index (χ0) is 28.6. The molecule has 0 bridgehead atoms. The molecule has 0 aromatic heterocycles. The van der Waals surface area contributed by atoms with E-state index >= 15 is 0 Å². The Hall–Kier alpha value is -2.83. The number of carbonyl (C=O) groups excluding carboxylic acids is 1. The summed E-state index contributed by atoms with van der Waals surface area (Å²) in [5, 5.41) is -4.64. The highest BCUT2D eigenvalue weighted by molar-refractivity contribution is 7.97. The summed E-state index contributed by atoms with van der Waals surface area (Å²) in [5.41, 5.74) is 0.433. The lowest BCUT2D eigenvalue weighted by atomic mass is 10.1. The first-order chi connectivity index (χ1) is 18.1. The van der Waals surface area contributed by atoms with Gasteiger partial charge in [-0.2, -0.15) is 17.2 Å². The third-order valence-corrected chi connectivity index (χ3v) is 9.44. The molecular weight excluding hydrogens is 550 g/mol. The molecule has 11 heteroatoms. The predicted octanol–water partition coefficient (Wildman–Crippen LogP) is 5.81. The van der Waals surface area contributed by atoms with Crippen molar-refractivity contribution in [2.45, 2.75) is 65.1 Å². The highest BCUT2D eigenvalue weighted by Gasteiger charge is 2.52. The molecule has 3 aromatic carbocycles. The molecule has 4 rings (SSSR count). The van der Waals surface area contributed by atoms with E-state index in [2.05, 4.69) is 4.74 Å². The lowest BCUT2D eigenvalue weighted by Crippen LogP contribution is -2.42. The van der Waals surface area contributed by atoms with Crippen LogP contribution in [0, 0.1) is 0 Å². The van der Waals surface area contributed by atoms with Gasteiger partial charge in [-0.15, -0.1) is 0 Å². The van der Waals surface area contributed by atoms with Gasteiger partial charge in [-0.05, 0) is 88.4 Å². The zero-order valence-electron chi connectivity index (χ0n) is 21.8. The molecule has 1 N–H and O–H groups in total. The predicted molar refractivity (Wildman–Crippen MR) is 141 cm³/mol. The van der Waals surface area contributed by atoms with Gasteiger partial charge in [0.25, 0.3) is 0 Å². The first kappa shape index (κ1) is 29.2. The van der Waals surface area contributed by atoms with Gasteiger partial charge < -0.3 is 14.2 Å². The fourth-order valence-corrected chi connectivity index (χ4v) is 6.66. The first-order valence-electron chi connectivity index (χ1n) is 12.0. The average molecular weight is 580 g/mol. The van der Waals surface area contributed by atoms with Gasteiger partial charge in [0.2, 0.25) is 0 Å². The number of esters is 1. The van der Waals surface area contributed by atoms with Crippen LogP contribution in [0.5, 0.6) is 0 Å². The second-order valence-corrected chi connectivity index (χ2v) is 13.4. The number of ether oxygens (including phenoxy) is 3. The Morgan fingerprint density at radius 3 is 1.95 bits per heavy atom. The van der Waals surface area contributed by atoms with E-state index in [-0.39, 0.29) is 5.56 Å². The molecule has 3 atom stereocenters. The molecule has 1 fully saturated rings. The maximum absolute atomic E-state index is 13.8. The number of halogens is 2. The van der Waals surface area contributed by atoms with E-state index in [1.807, 2.05) is 75.4 Å². The van der Waals surface area contributed by atoms with Gasteiger partial charge in [-0.1, -0.05) is 18.2 Å². The second-order valence-electron chi connectivity index (χ2n) is 9.85. The third-order valence-electron chi connectivity index (χ3n) is 6.19. The molecule has 0 aliphatic carbocycles. The van der Waals surface area contributed by atoms with Crippen LogP contribution in [0.25, 0.3) is 0 Å². The number of carbonyl (C=O) groups is 1. The zero-order valence-corrected chi connectivity index (χ0v) is 23.4. The van der Waals surface area contributed by atoms with E-state index in [9.17, 15) is 22.0 Å². The molecule has 0 radical (unpaired) electrons. The quantitative estimate of drug-likeness (QED) is 0.204. The van der Waals surface area contributed by atoms with Gasteiger partial charge >= 0.3 is 21.3 Å². The summed E-state index contributed by atoms with van der Waals surface area (Å²) in [6.07, 6.45) is -2.39. The highest BCUT2D eigenvalue weighted by Crippen LogP contribution is 2.40. The van der Waals surface area contributed by atoms with Crippen LogP contribution in [0.4, 0.5) is 8.78 Å². The Kier molecular flexibility index (Phi) is 7.94. The van der Waals surface area contributed by atoms with Crippen molar-refractivity contribution in [3.63, 3.8) is 0 Å². The van der Waals surface area contributed by atoms with Crippen LogP contribution in [-0.4, -0.2) is 42.5 Å². The van der Waals surface area contributed by atoms with E-state index in [0.29, 0.717) is 13.5 Å². The number of hydrogen-bond acceptors (Lipinski definition) is 6. The molecule has 1 aliphatic rings. The van der Waals surface area contributed by atoms with Crippen molar-refractivity contribution in [1.29, 1.82) is 0 Å². The topological polar surface area (TPSA) is 99.1 Å². The summed E-state index contributed by atoms with van der Waals surface area (Å²) in [6, 6.07) is 23.9. The van der Waals surface area contributed by atoms with Crippen molar-refractivity contribution in [1.82, 2.24) is 0 Å². The maximum atomic E-state index is 13.8. The molecule has 0 spiro atoms. The summed E-state index contributed by atoms with van der Waals surface area (Å²) >= 11 is 0. The minimum atomic E-state index is -5.75. The second kappa shape index (κ2) is 10.6.